The van der Waals surface area contributed by atoms with E-state index in [-0.39, 0.29) is 17.6 Å². The zero-order valence-electron chi connectivity index (χ0n) is 13.6. The van der Waals surface area contributed by atoms with Crippen molar-refractivity contribution in [1.29, 1.82) is 0 Å². The van der Waals surface area contributed by atoms with Gasteiger partial charge in [-0.25, -0.2) is 4.79 Å². The van der Waals surface area contributed by atoms with Gasteiger partial charge >= 0.3 is 5.69 Å². The molecule has 120 valence electrons. The molecule has 0 aliphatic carbocycles. The lowest BCUT2D eigenvalue weighted by molar-refractivity contribution is -0.121. The molecule has 0 bridgehead atoms. The average Bonchev–Trinajstić information content (AvgIpc) is 2.76. The lowest BCUT2D eigenvalue weighted by Gasteiger charge is -2.12. The molecule has 2 aromatic rings. The molecule has 22 heavy (non-hydrogen) atoms. The van der Waals surface area contributed by atoms with Gasteiger partial charge in [-0.2, -0.15) is 0 Å². The van der Waals surface area contributed by atoms with Crippen molar-refractivity contribution in [3.63, 3.8) is 0 Å². The molecule has 1 unspecified atom stereocenters. The molecule has 1 heterocycles. The summed E-state index contributed by atoms with van der Waals surface area (Å²) in [5, 5.41) is 2.98. The highest BCUT2D eigenvalue weighted by atomic mass is 16.2. The number of benzene rings is 1. The van der Waals surface area contributed by atoms with Crippen molar-refractivity contribution < 1.29 is 4.79 Å². The number of hydrogen-bond donors (Lipinski definition) is 1. The molecule has 0 fully saturated rings. The predicted octanol–water partition coefficient (Wildman–Crippen LogP) is 2.52. The molecule has 0 saturated heterocycles. The Bertz CT molecular complexity index is 699. The Kier molecular flexibility index (Phi) is 5.41. The third-order valence-electron chi connectivity index (χ3n) is 3.93. The van der Waals surface area contributed by atoms with E-state index < -0.39 is 0 Å². The van der Waals surface area contributed by atoms with E-state index in [0.29, 0.717) is 19.5 Å². The summed E-state index contributed by atoms with van der Waals surface area (Å²) in [6.07, 6.45) is 2.34. The van der Waals surface area contributed by atoms with Crippen molar-refractivity contribution in [2.75, 3.05) is 0 Å². The number of imidazole rings is 1. The van der Waals surface area contributed by atoms with Crippen molar-refractivity contribution in [3.8, 4) is 0 Å². The molecule has 0 aliphatic heterocycles. The van der Waals surface area contributed by atoms with Gasteiger partial charge in [-0.05, 0) is 32.4 Å². The van der Waals surface area contributed by atoms with Gasteiger partial charge in [-0.1, -0.05) is 25.5 Å². The van der Waals surface area contributed by atoms with Crippen LogP contribution in [0.25, 0.3) is 11.0 Å². The third kappa shape index (κ3) is 3.40. The van der Waals surface area contributed by atoms with Gasteiger partial charge in [-0.3, -0.25) is 13.9 Å². The van der Waals surface area contributed by atoms with E-state index in [1.54, 1.807) is 9.13 Å². The SMILES string of the molecule is CCCC(C)NC(=O)CCn1c(=O)n(CC)c2ccccc21. The zero-order valence-corrected chi connectivity index (χ0v) is 13.6. The average molecular weight is 303 g/mol. The van der Waals surface area contributed by atoms with Crippen LogP contribution in [-0.2, 0) is 17.9 Å². The summed E-state index contributed by atoms with van der Waals surface area (Å²) >= 11 is 0. The second-order valence-electron chi connectivity index (χ2n) is 5.67. The maximum atomic E-state index is 12.5. The number of carbonyl (C=O) groups excluding carboxylic acids is 1. The number of rotatable bonds is 7. The summed E-state index contributed by atoms with van der Waals surface area (Å²) in [4.78, 5) is 24.4. The van der Waals surface area contributed by atoms with Gasteiger partial charge in [0.1, 0.15) is 0 Å². The van der Waals surface area contributed by atoms with E-state index >= 15 is 0 Å². The lowest BCUT2D eigenvalue weighted by atomic mass is 10.2. The molecule has 1 amide bonds. The number of aryl methyl sites for hydroxylation is 2. The molecule has 5 heteroatoms. The van der Waals surface area contributed by atoms with Crippen molar-refractivity contribution in [2.45, 2.75) is 59.2 Å². The standard InChI is InChI=1S/C17H25N3O2/c1-4-8-13(3)18-16(21)11-12-20-15-10-7-6-9-14(15)19(5-2)17(20)22/h6-7,9-10,13H,4-5,8,11-12H2,1-3H3,(H,18,21). The fourth-order valence-corrected chi connectivity index (χ4v) is 2.86. The largest absolute Gasteiger partial charge is 0.354 e. The summed E-state index contributed by atoms with van der Waals surface area (Å²) in [5.41, 5.74) is 1.77. The lowest BCUT2D eigenvalue weighted by Crippen LogP contribution is -2.34. The van der Waals surface area contributed by atoms with Crippen molar-refractivity contribution >= 4 is 16.9 Å². The van der Waals surface area contributed by atoms with Crippen LogP contribution < -0.4 is 11.0 Å². The van der Waals surface area contributed by atoms with Gasteiger partial charge in [0.25, 0.3) is 0 Å². The molecule has 1 N–H and O–H groups in total. The zero-order chi connectivity index (χ0) is 16.1. The molecule has 1 aromatic heterocycles. The van der Waals surface area contributed by atoms with E-state index in [1.807, 2.05) is 38.1 Å². The number of aromatic nitrogens is 2. The monoisotopic (exact) mass is 303 g/mol. The molecular formula is C17H25N3O2. The quantitative estimate of drug-likeness (QED) is 0.854. The normalized spacial score (nSPS) is 12.5. The number of nitrogens with zero attached hydrogens (tertiary/aromatic N) is 2. The van der Waals surface area contributed by atoms with Gasteiger partial charge in [0, 0.05) is 25.6 Å². The molecular weight excluding hydrogens is 278 g/mol. The highest BCUT2D eigenvalue weighted by Crippen LogP contribution is 2.13. The number of amides is 1. The molecule has 0 spiro atoms. The molecule has 0 aliphatic rings. The van der Waals surface area contributed by atoms with Crippen molar-refractivity contribution in [3.05, 3.63) is 34.7 Å². The van der Waals surface area contributed by atoms with Crippen LogP contribution in [0.15, 0.2) is 29.1 Å². The molecule has 0 saturated carbocycles. The maximum absolute atomic E-state index is 12.5. The Morgan fingerprint density at radius 2 is 1.82 bits per heavy atom. The fraction of sp³-hybridized carbons (Fsp3) is 0.529. The smallest absolute Gasteiger partial charge is 0.329 e. The Balaban J connectivity index is 2.14. The van der Waals surface area contributed by atoms with Crippen molar-refractivity contribution in [2.24, 2.45) is 0 Å². The van der Waals surface area contributed by atoms with E-state index in [2.05, 4.69) is 12.2 Å². The van der Waals surface area contributed by atoms with Crippen LogP contribution in [0.1, 0.15) is 40.0 Å². The van der Waals surface area contributed by atoms with Crippen LogP contribution in [0.2, 0.25) is 0 Å². The Morgan fingerprint density at radius 1 is 1.18 bits per heavy atom. The summed E-state index contributed by atoms with van der Waals surface area (Å²) < 4.78 is 3.44. The number of carbonyl (C=O) groups is 1. The first-order chi connectivity index (χ1) is 10.6. The van der Waals surface area contributed by atoms with E-state index in [1.165, 1.54) is 0 Å². The highest BCUT2D eigenvalue weighted by Gasteiger charge is 2.13. The van der Waals surface area contributed by atoms with Crippen molar-refractivity contribution in [1.82, 2.24) is 14.5 Å². The molecule has 1 atom stereocenters. The van der Waals surface area contributed by atoms with E-state index in [0.717, 1.165) is 23.9 Å². The maximum Gasteiger partial charge on any atom is 0.329 e. The molecule has 2 rings (SSSR count). The van der Waals surface area contributed by atoms with Crippen LogP contribution >= 0.6 is 0 Å². The van der Waals surface area contributed by atoms with E-state index in [9.17, 15) is 9.59 Å². The Hall–Kier alpha value is -2.04. The summed E-state index contributed by atoms with van der Waals surface area (Å²) in [6, 6.07) is 7.91. The van der Waals surface area contributed by atoms with E-state index in [4.69, 9.17) is 0 Å². The van der Waals surface area contributed by atoms with Crippen LogP contribution in [0, 0.1) is 0 Å². The van der Waals surface area contributed by atoms with Crippen LogP contribution in [0.5, 0.6) is 0 Å². The molecule has 0 radical (unpaired) electrons. The summed E-state index contributed by atoms with van der Waals surface area (Å²) in [5.74, 6) is 0.00109. The van der Waals surface area contributed by atoms with Gasteiger partial charge in [0.2, 0.25) is 5.91 Å². The predicted molar refractivity (Wildman–Crippen MR) is 89.0 cm³/mol. The van der Waals surface area contributed by atoms with Crippen LogP contribution in [0.4, 0.5) is 0 Å². The van der Waals surface area contributed by atoms with Crippen LogP contribution in [-0.4, -0.2) is 21.1 Å². The second kappa shape index (κ2) is 7.29. The molecule has 5 nitrogen and oxygen atoms in total. The summed E-state index contributed by atoms with van der Waals surface area (Å²) in [6.45, 7) is 7.11. The molecule has 1 aromatic carbocycles. The van der Waals surface area contributed by atoms with Gasteiger partial charge < -0.3 is 5.32 Å². The first-order valence-electron chi connectivity index (χ1n) is 8.05. The summed E-state index contributed by atoms with van der Waals surface area (Å²) in [7, 11) is 0. The Morgan fingerprint density at radius 3 is 2.41 bits per heavy atom. The number of hydrogen-bond acceptors (Lipinski definition) is 2. The number of fused-ring (bicyclic) bond motifs is 1. The topological polar surface area (TPSA) is 56.0 Å². The third-order valence-corrected chi connectivity index (χ3v) is 3.93. The highest BCUT2D eigenvalue weighted by molar-refractivity contribution is 5.78. The number of nitrogens with one attached hydrogen (secondary N) is 1. The fourth-order valence-electron chi connectivity index (χ4n) is 2.86. The minimum atomic E-state index is -0.0434. The number of para-hydroxylation sites is 2. The van der Waals surface area contributed by atoms with Gasteiger partial charge in [-0.15, -0.1) is 0 Å². The minimum absolute atomic E-state index is 0.00109. The van der Waals surface area contributed by atoms with Crippen LogP contribution in [0.3, 0.4) is 0 Å². The minimum Gasteiger partial charge on any atom is -0.354 e. The second-order valence-corrected chi connectivity index (χ2v) is 5.67. The first-order valence-corrected chi connectivity index (χ1v) is 8.05. The van der Waals surface area contributed by atoms with Gasteiger partial charge in [0.05, 0.1) is 11.0 Å². The first kappa shape index (κ1) is 16.3. The Labute approximate surface area is 130 Å². The van der Waals surface area contributed by atoms with Gasteiger partial charge in [0.15, 0.2) is 0 Å².